The van der Waals surface area contributed by atoms with E-state index in [0.29, 0.717) is 38.1 Å². The van der Waals surface area contributed by atoms with Crippen molar-refractivity contribution in [1.82, 2.24) is 4.90 Å². The van der Waals surface area contributed by atoms with Gasteiger partial charge in [0.2, 0.25) is 0 Å². The van der Waals surface area contributed by atoms with Gasteiger partial charge in [-0.05, 0) is 69.2 Å². The lowest BCUT2D eigenvalue weighted by atomic mass is 10.1. The van der Waals surface area contributed by atoms with E-state index in [9.17, 15) is 9.59 Å². The molecular weight excluding hydrogens is 478 g/mol. The Morgan fingerprint density at radius 1 is 1.31 bits per heavy atom. The van der Waals surface area contributed by atoms with E-state index < -0.39 is 5.91 Å². The lowest BCUT2D eigenvalue weighted by molar-refractivity contribution is -0.122. The van der Waals surface area contributed by atoms with Crippen LogP contribution in [0.3, 0.4) is 0 Å². The molecule has 1 aliphatic heterocycles. The predicted molar refractivity (Wildman–Crippen MR) is 118 cm³/mol. The lowest BCUT2D eigenvalue weighted by Gasteiger charge is -2.14. The molecule has 2 aromatic carbocycles. The molecule has 0 N–H and O–H groups in total. The van der Waals surface area contributed by atoms with Crippen LogP contribution >= 0.6 is 39.3 Å². The molecule has 0 bridgehead atoms. The van der Waals surface area contributed by atoms with E-state index in [4.69, 9.17) is 27.5 Å². The maximum absolute atomic E-state index is 12.3. The minimum Gasteiger partial charge on any atom is -0.493 e. The molecule has 0 atom stereocenters. The maximum atomic E-state index is 12.3. The van der Waals surface area contributed by atoms with Crippen LogP contribution in [0.5, 0.6) is 11.5 Å². The number of ether oxygens (including phenoxy) is 2. The number of hydrogen-bond donors (Lipinski definition) is 0. The molecule has 0 aromatic heterocycles. The Labute approximate surface area is 186 Å². The van der Waals surface area contributed by atoms with Crippen LogP contribution in [0, 0.1) is 12.3 Å². The van der Waals surface area contributed by atoms with Crippen molar-refractivity contribution in [2.75, 3.05) is 13.7 Å². The van der Waals surface area contributed by atoms with E-state index in [1.54, 1.807) is 24.3 Å². The summed E-state index contributed by atoms with van der Waals surface area (Å²) in [4.78, 5) is 25.6. The fraction of sp³-hybridized carbons (Fsp3) is 0.143. The monoisotopic (exact) mass is 491 g/mol. The van der Waals surface area contributed by atoms with Crippen molar-refractivity contribution < 1.29 is 19.1 Å². The molecule has 0 radical (unpaired) electrons. The standard InChI is InChI=1S/C21H15BrClNO4S/c1-3-7-24-20(25)18(29-21(24)26)11-14-9-16(22)19(17(10-14)27-2)28-12-13-5-4-6-15(23)8-13/h1,4-6,8-11H,7,12H2,2H3/b18-11-. The van der Waals surface area contributed by atoms with Crippen LogP contribution < -0.4 is 9.47 Å². The first-order valence-electron chi connectivity index (χ1n) is 8.36. The molecule has 5 nitrogen and oxygen atoms in total. The third-order valence-electron chi connectivity index (χ3n) is 3.94. The summed E-state index contributed by atoms with van der Waals surface area (Å²) >= 11 is 10.3. The molecule has 1 aliphatic rings. The largest absolute Gasteiger partial charge is 0.493 e. The van der Waals surface area contributed by atoms with Gasteiger partial charge in [-0.3, -0.25) is 14.5 Å². The number of imide groups is 1. The van der Waals surface area contributed by atoms with Crippen LogP contribution in [0.25, 0.3) is 6.08 Å². The molecular formula is C21H15BrClNO4S. The Balaban J connectivity index is 1.84. The summed E-state index contributed by atoms with van der Waals surface area (Å²) in [6.45, 7) is 0.255. The number of carbonyl (C=O) groups is 2. The molecule has 0 spiro atoms. The number of nitrogens with zero attached hydrogens (tertiary/aromatic N) is 1. The molecule has 1 heterocycles. The van der Waals surface area contributed by atoms with Gasteiger partial charge in [0.1, 0.15) is 6.61 Å². The fourth-order valence-electron chi connectivity index (χ4n) is 2.62. The number of halogens is 2. The van der Waals surface area contributed by atoms with E-state index in [0.717, 1.165) is 22.2 Å². The van der Waals surface area contributed by atoms with Gasteiger partial charge >= 0.3 is 0 Å². The second-order valence-corrected chi connectivity index (χ2v) is 8.21. The number of rotatable bonds is 6. The van der Waals surface area contributed by atoms with Gasteiger partial charge in [-0.1, -0.05) is 29.7 Å². The highest BCUT2D eigenvalue weighted by Crippen LogP contribution is 2.39. The van der Waals surface area contributed by atoms with Gasteiger partial charge in [-0.2, -0.15) is 0 Å². The third-order valence-corrected chi connectivity index (χ3v) is 5.68. The summed E-state index contributed by atoms with van der Waals surface area (Å²) < 4.78 is 12.0. The zero-order valence-electron chi connectivity index (χ0n) is 15.3. The second-order valence-electron chi connectivity index (χ2n) is 5.92. The van der Waals surface area contributed by atoms with E-state index in [1.165, 1.54) is 7.11 Å². The highest BCUT2D eigenvalue weighted by Gasteiger charge is 2.34. The zero-order valence-corrected chi connectivity index (χ0v) is 18.4. The quantitative estimate of drug-likeness (QED) is 0.401. The highest BCUT2D eigenvalue weighted by atomic mass is 79.9. The molecule has 1 saturated heterocycles. The first-order valence-corrected chi connectivity index (χ1v) is 10.3. The first-order chi connectivity index (χ1) is 13.9. The SMILES string of the molecule is C#CCN1C(=O)S/C(=C\c2cc(Br)c(OCc3cccc(Cl)c3)c(OC)c2)C1=O. The smallest absolute Gasteiger partial charge is 0.294 e. The number of benzene rings is 2. The van der Waals surface area contributed by atoms with Crippen molar-refractivity contribution in [2.24, 2.45) is 0 Å². The van der Waals surface area contributed by atoms with Crippen LogP contribution in [0.2, 0.25) is 5.02 Å². The Morgan fingerprint density at radius 3 is 2.79 bits per heavy atom. The molecule has 148 valence electrons. The van der Waals surface area contributed by atoms with Crippen molar-refractivity contribution in [3.8, 4) is 23.8 Å². The minimum atomic E-state index is -0.408. The summed E-state index contributed by atoms with van der Waals surface area (Å²) in [5, 5.41) is 0.248. The van der Waals surface area contributed by atoms with Gasteiger partial charge in [0.15, 0.2) is 11.5 Å². The van der Waals surface area contributed by atoms with Gasteiger partial charge in [0.05, 0.1) is 23.0 Å². The Morgan fingerprint density at radius 2 is 2.10 bits per heavy atom. The Bertz CT molecular complexity index is 1050. The Hall–Kier alpha value is -2.40. The number of amides is 2. The molecule has 3 rings (SSSR count). The number of thioether (sulfide) groups is 1. The average Bonchev–Trinajstić information content (AvgIpc) is 2.94. The Kier molecular flexibility index (Phi) is 6.91. The highest BCUT2D eigenvalue weighted by molar-refractivity contribution is 9.10. The van der Waals surface area contributed by atoms with Crippen molar-refractivity contribution in [3.63, 3.8) is 0 Å². The fourth-order valence-corrected chi connectivity index (χ4v) is 4.25. The maximum Gasteiger partial charge on any atom is 0.294 e. The molecule has 29 heavy (non-hydrogen) atoms. The predicted octanol–water partition coefficient (Wildman–Crippen LogP) is 5.36. The molecule has 1 fully saturated rings. The van der Waals surface area contributed by atoms with Crippen molar-refractivity contribution in [1.29, 1.82) is 0 Å². The molecule has 0 saturated carbocycles. The van der Waals surface area contributed by atoms with Crippen LogP contribution in [-0.4, -0.2) is 29.7 Å². The van der Waals surface area contributed by atoms with Gasteiger partial charge in [-0.15, -0.1) is 6.42 Å². The topological polar surface area (TPSA) is 55.8 Å². The summed E-state index contributed by atoms with van der Waals surface area (Å²) in [6.07, 6.45) is 6.84. The van der Waals surface area contributed by atoms with E-state index in [-0.39, 0.29) is 11.8 Å². The number of carbonyl (C=O) groups excluding carboxylic acids is 2. The van der Waals surface area contributed by atoms with Crippen LogP contribution in [-0.2, 0) is 11.4 Å². The minimum absolute atomic E-state index is 0.0503. The number of methoxy groups -OCH3 is 1. The summed E-state index contributed by atoms with van der Waals surface area (Å²) in [5.41, 5.74) is 1.59. The van der Waals surface area contributed by atoms with Crippen LogP contribution in [0.1, 0.15) is 11.1 Å². The second kappa shape index (κ2) is 9.40. The summed E-state index contributed by atoms with van der Waals surface area (Å²) in [7, 11) is 1.53. The molecule has 0 aliphatic carbocycles. The van der Waals surface area contributed by atoms with E-state index in [2.05, 4.69) is 21.9 Å². The van der Waals surface area contributed by atoms with Crippen LogP contribution in [0.4, 0.5) is 4.79 Å². The normalized spacial score (nSPS) is 15.0. The van der Waals surface area contributed by atoms with Crippen molar-refractivity contribution in [3.05, 3.63) is 61.9 Å². The molecule has 8 heteroatoms. The zero-order chi connectivity index (χ0) is 21.0. The molecule has 2 amide bonds. The van der Waals surface area contributed by atoms with Gasteiger partial charge in [-0.25, -0.2) is 0 Å². The molecule has 2 aromatic rings. The number of terminal acetylenes is 1. The number of hydrogen-bond acceptors (Lipinski definition) is 5. The van der Waals surface area contributed by atoms with E-state index in [1.807, 2.05) is 18.2 Å². The van der Waals surface area contributed by atoms with Gasteiger partial charge in [0, 0.05) is 5.02 Å². The van der Waals surface area contributed by atoms with Crippen LogP contribution in [0.15, 0.2) is 45.8 Å². The average molecular weight is 493 g/mol. The van der Waals surface area contributed by atoms with Gasteiger partial charge < -0.3 is 9.47 Å². The van der Waals surface area contributed by atoms with E-state index >= 15 is 0 Å². The van der Waals surface area contributed by atoms with Gasteiger partial charge in [0.25, 0.3) is 11.1 Å². The van der Waals surface area contributed by atoms with Crippen molar-refractivity contribution >= 4 is 56.5 Å². The summed E-state index contributed by atoms with van der Waals surface area (Å²) in [5.74, 6) is 2.90. The molecule has 0 unspecified atom stereocenters. The third kappa shape index (κ3) is 4.96. The lowest BCUT2D eigenvalue weighted by Crippen LogP contribution is -2.28. The summed E-state index contributed by atoms with van der Waals surface area (Å²) in [6, 6.07) is 10.9. The first kappa shape index (κ1) is 21.3. The van der Waals surface area contributed by atoms with Crippen molar-refractivity contribution in [2.45, 2.75) is 6.61 Å².